The molecule has 0 spiro atoms. The van der Waals surface area contributed by atoms with Gasteiger partial charge in [0.1, 0.15) is 0 Å². The third-order valence-electron chi connectivity index (χ3n) is 3.02. The summed E-state index contributed by atoms with van der Waals surface area (Å²) in [6.45, 7) is 1.28. The normalized spacial score (nSPS) is 18.8. The molecule has 4 nitrogen and oxygen atoms in total. The number of nitrogens with one attached hydrogen (secondary N) is 2. The number of carbonyl (C=O) groups is 1. The molecule has 0 aromatic heterocycles. The van der Waals surface area contributed by atoms with Crippen molar-refractivity contribution in [3.05, 3.63) is 29.6 Å². The lowest BCUT2D eigenvalue weighted by Crippen LogP contribution is -2.35. The number of methoxy groups -OCH3 is 1. The highest BCUT2D eigenvalue weighted by Crippen LogP contribution is 2.17. The van der Waals surface area contributed by atoms with Gasteiger partial charge in [-0.2, -0.15) is 0 Å². The maximum Gasteiger partial charge on any atom is 0.220 e. The molecule has 0 radical (unpaired) electrons. The summed E-state index contributed by atoms with van der Waals surface area (Å²) in [6, 6.07) is 5.09. The zero-order chi connectivity index (χ0) is 13.0. The largest absolute Gasteiger partial charge is 0.494 e. The average molecular weight is 252 g/mol. The number of halogens is 1. The van der Waals surface area contributed by atoms with E-state index in [-0.39, 0.29) is 23.5 Å². The van der Waals surface area contributed by atoms with E-state index in [9.17, 15) is 9.18 Å². The third kappa shape index (κ3) is 3.20. The van der Waals surface area contributed by atoms with Crippen molar-refractivity contribution in [1.29, 1.82) is 0 Å². The van der Waals surface area contributed by atoms with Gasteiger partial charge in [-0.25, -0.2) is 4.39 Å². The molecule has 1 aliphatic heterocycles. The lowest BCUT2D eigenvalue weighted by molar-refractivity contribution is -0.119. The number of rotatable bonds is 5. The highest BCUT2D eigenvalue weighted by atomic mass is 19.1. The monoisotopic (exact) mass is 252 g/mol. The maximum atomic E-state index is 13.4. The minimum Gasteiger partial charge on any atom is -0.494 e. The summed E-state index contributed by atoms with van der Waals surface area (Å²) in [5.74, 6) is 0.00469. The van der Waals surface area contributed by atoms with Crippen LogP contribution in [-0.4, -0.2) is 25.6 Å². The van der Waals surface area contributed by atoms with Gasteiger partial charge in [0.05, 0.1) is 7.11 Å². The Morgan fingerprint density at radius 3 is 3.00 bits per heavy atom. The van der Waals surface area contributed by atoms with E-state index < -0.39 is 0 Å². The summed E-state index contributed by atoms with van der Waals surface area (Å²) in [5.41, 5.74) is 0.859. The average Bonchev–Trinajstić information content (AvgIpc) is 2.75. The van der Waals surface area contributed by atoms with Crippen molar-refractivity contribution >= 4 is 5.91 Å². The lowest BCUT2D eigenvalue weighted by atomic mass is 10.2. The number of hydrogen-bond donors (Lipinski definition) is 2. The van der Waals surface area contributed by atoms with Gasteiger partial charge in [-0.05, 0) is 24.1 Å². The molecule has 0 aliphatic carbocycles. The van der Waals surface area contributed by atoms with Gasteiger partial charge >= 0.3 is 0 Å². The van der Waals surface area contributed by atoms with E-state index in [2.05, 4.69) is 10.6 Å². The maximum absolute atomic E-state index is 13.4. The number of carbonyl (C=O) groups excluding carboxylic acids is 1. The Hall–Kier alpha value is -1.62. The Bertz CT molecular complexity index is 437. The van der Waals surface area contributed by atoms with Crippen LogP contribution in [0.3, 0.4) is 0 Å². The van der Waals surface area contributed by atoms with Crippen LogP contribution in [0, 0.1) is 5.82 Å². The predicted octanol–water partition coefficient (Wildman–Crippen LogP) is 1.20. The quantitative estimate of drug-likeness (QED) is 0.828. The predicted molar refractivity (Wildman–Crippen MR) is 65.8 cm³/mol. The first-order valence-electron chi connectivity index (χ1n) is 6.01. The number of ether oxygens (including phenoxy) is 1. The van der Waals surface area contributed by atoms with E-state index >= 15 is 0 Å². The summed E-state index contributed by atoms with van der Waals surface area (Å²) in [5, 5.41) is 6.08. The van der Waals surface area contributed by atoms with Crippen LogP contribution in [0.5, 0.6) is 5.75 Å². The van der Waals surface area contributed by atoms with Crippen molar-refractivity contribution < 1.29 is 13.9 Å². The molecule has 1 unspecified atom stereocenters. The molecule has 1 heterocycles. The van der Waals surface area contributed by atoms with Crippen molar-refractivity contribution in [3.63, 3.8) is 0 Å². The molecule has 5 heteroatoms. The van der Waals surface area contributed by atoms with Crippen molar-refractivity contribution in [2.24, 2.45) is 0 Å². The van der Waals surface area contributed by atoms with E-state index in [1.165, 1.54) is 13.2 Å². The SMILES string of the molecule is COc1ccc(CNCC2CCC(=O)N2)cc1F. The fraction of sp³-hybridized carbons (Fsp3) is 0.462. The Kier molecular flexibility index (Phi) is 4.15. The molecule has 18 heavy (non-hydrogen) atoms. The summed E-state index contributed by atoms with van der Waals surface area (Å²) in [4.78, 5) is 11.0. The minimum absolute atomic E-state index is 0.109. The molecule has 0 saturated carbocycles. The van der Waals surface area contributed by atoms with Crippen LogP contribution >= 0.6 is 0 Å². The molecular weight excluding hydrogens is 235 g/mol. The molecule has 1 amide bonds. The van der Waals surface area contributed by atoms with Crippen LogP contribution in [0.4, 0.5) is 4.39 Å². The zero-order valence-corrected chi connectivity index (χ0v) is 10.3. The highest BCUT2D eigenvalue weighted by molar-refractivity contribution is 5.78. The van der Waals surface area contributed by atoms with Gasteiger partial charge in [-0.15, -0.1) is 0 Å². The molecule has 2 N–H and O–H groups in total. The van der Waals surface area contributed by atoms with Crippen molar-refractivity contribution in [2.75, 3.05) is 13.7 Å². The van der Waals surface area contributed by atoms with Gasteiger partial charge < -0.3 is 15.4 Å². The fourth-order valence-corrected chi connectivity index (χ4v) is 2.04. The second-order valence-corrected chi connectivity index (χ2v) is 4.40. The van der Waals surface area contributed by atoms with E-state index in [1.807, 2.05) is 6.07 Å². The first kappa shape index (κ1) is 12.8. The van der Waals surface area contributed by atoms with Crippen LogP contribution in [0.2, 0.25) is 0 Å². The van der Waals surface area contributed by atoms with Crippen molar-refractivity contribution in [2.45, 2.75) is 25.4 Å². The molecule has 2 rings (SSSR count). The minimum atomic E-state index is -0.356. The zero-order valence-electron chi connectivity index (χ0n) is 10.3. The van der Waals surface area contributed by atoms with Crippen LogP contribution in [0.15, 0.2) is 18.2 Å². The fourth-order valence-electron chi connectivity index (χ4n) is 2.04. The smallest absolute Gasteiger partial charge is 0.220 e. The molecule has 1 atom stereocenters. The standard InChI is InChI=1S/C13H17FN2O2/c1-18-12-4-2-9(6-11(12)14)7-15-8-10-3-5-13(17)16-10/h2,4,6,10,15H,3,5,7-8H2,1H3,(H,16,17). The van der Waals surface area contributed by atoms with E-state index in [1.54, 1.807) is 6.07 Å². The van der Waals surface area contributed by atoms with Crippen molar-refractivity contribution in [1.82, 2.24) is 10.6 Å². The Labute approximate surface area is 106 Å². The van der Waals surface area contributed by atoms with Crippen LogP contribution in [0.25, 0.3) is 0 Å². The summed E-state index contributed by atoms with van der Waals surface area (Å²) in [7, 11) is 1.44. The topological polar surface area (TPSA) is 50.4 Å². The first-order valence-corrected chi connectivity index (χ1v) is 6.01. The summed E-state index contributed by atoms with van der Waals surface area (Å²) < 4.78 is 18.3. The van der Waals surface area contributed by atoms with Gasteiger partial charge in [0.2, 0.25) is 5.91 Å². The summed E-state index contributed by atoms with van der Waals surface area (Å²) >= 11 is 0. The molecule has 1 aliphatic rings. The molecular formula is C13H17FN2O2. The molecule has 1 aromatic rings. The highest BCUT2D eigenvalue weighted by Gasteiger charge is 2.19. The van der Waals surface area contributed by atoms with Gasteiger partial charge in [0, 0.05) is 25.6 Å². The van der Waals surface area contributed by atoms with Crippen molar-refractivity contribution in [3.8, 4) is 5.75 Å². The number of benzene rings is 1. The molecule has 1 fully saturated rings. The van der Waals surface area contributed by atoms with Gasteiger partial charge in [-0.3, -0.25) is 4.79 Å². The first-order chi connectivity index (χ1) is 8.69. The molecule has 0 bridgehead atoms. The van der Waals surface area contributed by atoms with Crippen LogP contribution in [0.1, 0.15) is 18.4 Å². The number of hydrogen-bond acceptors (Lipinski definition) is 3. The summed E-state index contributed by atoms with van der Waals surface area (Å²) in [6.07, 6.45) is 1.46. The number of amides is 1. The van der Waals surface area contributed by atoms with Gasteiger partial charge in [-0.1, -0.05) is 6.07 Å². The Morgan fingerprint density at radius 2 is 2.39 bits per heavy atom. The third-order valence-corrected chi connectivity index (χ3v) is 3.02. The van der Waals surface area contributed by atoms with Gasteiger partial charge in [0.15, 0.2) is 11.6 Å². The Morgan fingerprint density at radius 1 is 1.56 bits per heavy atom. The molecule has 98 valence electrons. The molecule has 1 saturated heterocycles. The lowest BCUT2D eigenvalue weighted by Gasteiger charge is -2.11. The van der Waals surface area contributed by atoms with Gasteiger partial charge in [0.25, 0.3) is 0 Å². The second kappa shape index (κ2) is 5.82. The second-order valence-electron chi connectivity index (χ2n) is 4.40. The van der Waals surface area contributed by atoms with Crippen LogP contribution < -0.4 is 15.4 Å². The van der Waals surface area contributed by atoms with E-state index in [0.29, 0.717) is 19.5 Å². The molecule has 1 aromatic carbocycles. The Balaban J connectivity index is 1.79. The van der Waals surface area contributed by atoms with Crippen LogP contribution in [-0.2, 0) is 11.3 Å². The van der Waals surface area contributed by atoms with E-state index in [0.717, 1.165) is 12.0 Å². The van der Waals surface area contributed by atoms with E-state index in [4.69, 9.17) is 4.74 Å².